The molecule has 2 N–H and O–H groups in total. The number of nitrogens with two attached hydrogens (primary N) is 1. The minimum absolute atomic E-state index is 0.168. The van der Waals surface area contributed by atoms with Gasteiger partial charge in [0.05, 0.1) is 12.7 Å². The first kappa shape index (κ1) is 14.7. The average molecular weight is 249 g/mol. The van der Waals surface area contributed by atoms with Gasteiger partial charge >= 0.3 is 0 Å². The molecule has 0 bridgehead atoms. The number of Topliss-reactive ketones (excluding diaryl/α,β-unsaturated/α-hetero) is 1. The summed E-state index contributed by atoms with van der Waals surface area (Å²) in [6.45, 7) is 4.66. The van der Waals surface area contributed by atoms with Crippen LogP contribution in [-0.4, -0.2) is 19.4 Å². The molecule has 100 valence electrons. The van der Waals surface area contributed by atoms with Crippen molar-refractivity contribution in [2.45, 2.75) is 39.5 Å². The maximum absolute atomic E-state index is 12.2. The molecule has 0 fully saturated rings. The van der Waals surface area contributed by atoms with Gasteiger partial charge in [-0.05, 0) is 50.4 Å². The van der Waals surface area contributed by atoms with Crippen molar-refractivity contribution >= 4 is 5.78 Å². The highest BCUT2D eigenvalue weighted by molar-refractivity contribution is 6.00. The van der Waals surface area contributed by atoms with Crippen LogP contribution < -0.4 is 10.5 Å². The van der Waals surface area contributed by atoms with Gasteiger partial charge in [-0.2, -0.15) is 0 Å². The van der Waals surface area contributed by atoms with Crippen molar-refractivity contribution in [1.82, 2.24) is 0 Å². The summed E-state index contributed by atoms with van der Waals surface area (Å²) in [6.07, 6.45) is 3.46. The third kappa shape index (κ3) is 3.84. The molecule has 0 atom stereocenters. The number of aryl methyl sites for hydroxylation is 2. The number of ether oxygens (including phenoxy) is 1. The Balaban J connectivity index is 2.78. The number of carbonyl (C=O) groups excluding carboxylic acids is 1. The molecular weight excluding hydrogens is 226 g/mol. The fourth-order valence-corrected chi connectivity index (χ4v) is 2.18. The quantitative estimate of drug-likeness (QED) is 0.597. The van der Waals surface area contributed by atoms with Gasteiger partial charge in [-0.25, -0.2) is 0 Å². The van der Waals surface area contributed by atoms with Gasteiger partial charge in [0.15, 0.2) is 5.78 Å². The van der Waals surface area contributed by atoms with Gasteiger partial charge in [0, 0.05) is 6.42 Å². The summed E-state index contributed by atoms with van der Waals surface area (Å²) in [6, 6.07) is 3.94. The normalized spacial score (nSPS) is 10.4. The molecule has 0 aliphatic carbocycles. The zero-order chi connectivity index (χ0) is 13.5. The van der Waals surface area contributed by atoms with Gasteiger partial charge in [0.2, 0.25) is 0 Å². The van der Waals surface area contributed by atoms with Gasteiger partial charge in [0.25, 0.3) is 0 Å². The Hall–Kier alpha value is -1.35. The molecule has 3 nitrogen and oxygen atoms in total. The predicted octanol–water partition coefficient (Wildman–Crippen LogP) is 3.01. The third-order valence-electron chi connectivity index (χ3n) is 3.05. The van der Waals surface area contributed by atoms with Crippen LogP contribution in [0.2, 0.25) is 0 Å². The Morgan fingerprint density at radius 1 is 1.22 bits per heavy atom. The second-order valence-corrected chi connectivity index (χ2v) is 4.68. The van der Waals surface area contributed by atoms with E-state index in [0.29, 0.717) is 18.7 Å². The number of ketones is 1. The monoisotopic (exact) mass is 249 g/mol. The summed E-state index contributed by atoms with van der Waals surface area (Å²) in [5.74, 6) is 0.859. The van der Waals surface area contributed by atoms with Crippen molar-refractivity contribution in [2.75, 3.05) is 13.7 Å². The van der Waals surface area contributed by atoms with E-state index in [1.165, 1.54) is 0 Å². The number of hydrogen-bond donors (Lipinski definition) is 1. The smallest absolute Gasteiger partial charge is 0.166 e. The maximum atomic E-state index is 12.2. The minimum atomic E-state index is 0.168. The first-order valence-corrected chi connectivity index (χ1v) is 6.48. The van der Waals surface area contributed by atoms with Crippen molar-refractivity contribution in [3.63, 3.8) is 0 Å². The van der Waals surface area contributed by atoms with E-state index in [9.17, 15) is 4.79 Å². The van der Waals surface area contributed by atoms with E-state index in [-0.39, 0.29) is 5.78 Å². The molecule has 0 aliphatic rings. The number of carbonyl (C=O) groups is 1. The Bertz CT molecular complexity index is 413. The van der Waals surface area contributed by atoms with Crippen molar-refractivity contribution in [3.05, 3.63) is 28.8 Å². The van der Waals surface area contributed by atoms with Crippen molar-refractivity contribution in [3.8, 4) is 5.75 Å². The first-order valence-electron chi connectivity index (χ1n) is 6.48. The van der Waals surface area contributed by atoms with Crippen LogP contribution >= 0.6 is 0 Å². The van der Waals surface area contributed by atoms with Gasteiger partial charge in [-0.1, -0.05) is 12.5 Å². The van der Waals surface area contributed by atoms with E-state index in [1.807, 2.05) is 26.0 Å². The van der Waals surface area contributed by atoms with Crippen LogP contribution in [0.25, 0.3) is 0 Å². The van der Waals surface area contributed by atoms with E-state index >= 15 is 0 Å². The van der Waals surface area contributed by atoms with Gasteiger partial charge < -0.3 is 10.5 Å². The van der Waals surface area contributed by atoms with Crippen molar-refractivity contribution < 1.29 is 9.53 Å². The lowest BCUT2D eigenvalue weighted by atomic mass is 9.97. The van der Waals surface area contributed by atoms with Crippen LogP contribution in [0.15, 0.2) is 12.1 Å². The van der Waals surface area contributed by atoms with Crippen LogP contribution in [0.3, 0.4) is 0 Å². The van der Waals surface area contributed by atoms with E-state index < -0.39 is 0 Å². The summed E-state index contributed by atoms with van der Waals surface area (Å²) in [4.78, 5) is 12.2. The predicted molar refractivity (Wildman–Crippen MR) is 74.3 cm³/mol. The average Bonchev–Trinajstić information content (AvgIpc) is 2.33. The Kier molecular flexibility index (Phi) is 5.86. The van der Waals surface area contributed by atoms with E-state index in [2.05, 4.69) is 0 Å². The van der Waals surface area contributed by atoms with Gasteiger partial charge in [-0.3, -0.25) is 4.79 Å². The Morgan fingerprint density at radius 3 is 2.56 bits per heavy atom. The summed E-state index contributed by atoms with van der Waals surface area (Å²) in [5.41, 5.74) is 8.28. The Morgan fingerprint density at radius 2 is 1.94 bits per heavy atom. The zero-order valence-electron chi connectivity index (χ0n) is 11.6. The maximum Gasteiger partial charge on any atom is 0.166 e. The largest absolute Gasteiger partial charge is 0.496 e. The highest BCUT2D eigenvalue weighted by Gasteiger charge is 2.15. The minimum Gasteiger partial charge on any atom is -0.496 e. The summed E-state index contributed by atoms with van der Waals surface area (Å²) >= 11 is 0. The molecule has 1 aromatic carbocycles. The van der Waals surface area contributed by atoms with Crippen molar-refractivity contribution in [2.24, 2.45) is 5.73 Å². The molecule has 0 saturated heterocycles. The van der Waals surface area contributed by atoms with E-state index in [1.54, 1.807) is 7.11 Å². The number of unbranched alkanes of at least 4 members (excludes halogenated alkanes) is 2. The molecule has 0 saturated carbocycles. The number of benzene rings is 1. The molecule has 0 radical (unpaired) electrons. The number of methoxy groups -OCH3 is 1. The summed E-state index contributed by atoms with van der Waals surface area (Å²) in [5, 5.41) is 0. The lowest BCUT2D eigenvalue weighted by Gasteiger charge is -2.12. The molecule has 0 amide bonds. The number of rotatable bonds is 7. The highest BCUT2D eigenvalue weighted by Crippen LogP contribution is 2.26. The fraction of sp³-hybridized carbons (Fsp3) is 0.533. The molecule has 1 aromatic rings. The molecule has 0 heterocycles. The van der Waals surface area contributed by atoms with E-state index in [4.69, 9.17) is 10.5 Å². The summed E-state index contributed by atoms with van der Waals surface area (Å²) in [7, 11) is 1.61. The molecule has 0 spiro atoms. The van der Waals surface area contributed by atoms with Crippen LogP contribution in [0, 0.1) is 13.8 Å². The topological polar surface area (TPSA) is 52.3 Å². The number of hydrogen-bond acceptors (Lipinski definition) is 3. The standard InChI is InChI=1S/C15H23NO2/c1-11-9-12(2)15(14(10-11)18-3)13(17)7-5-4-6-8-16/h9-10H,4-8,16H2,1-3H3. The molecular formula is C15H23NO2. The lowest BCUT2D eigenvalue weighted by molar-refractivity contribution is 0.0975. The fourth-order valence-electron chi connectivity index (χ4n) is 2.18. The van der Waals surface area contributed by atoms with E-state index in [0.717, 1.165) is 36.0 Å². The zero-order valence-corrected chi connectivity index (χ0v) is 11.6. The second-order valence-electron chi connectivity index (χ2n) is 4.68. The Labute approximate surface area is 109 Å². The van der Waals surface area contributed by atoms with Gasteiger partial charge in [0.1, 0.15) is 5.75 Å². The molecule has 18 heavy (non-hydrogen) atoms. The van der Waals surface area contributed by atoms with Crippen LogP contribution in [-0.2, 0) is 0 Å². The highest BCUT2D eigenvalue weighted by atomic mass is 16.5. The molecule has 0 unspecified atom stereocenters. The first-order chi connectivity index (χ1) is 8.60. The third-order valence-corrected chi connectivity index (χ3v) is 3.05. The molecule has 1 rings (SSSR count). The molecule has 0 aliphatic heterocycles. The molecule has 0 aromatic heterocycles. The van der Waals surface area contributed by atoms with Crippen molar-refractivity contribution in [1.29, 1.82) is 0 Å². The molecule has 3 heteroatoms. The second kappa shape index (κ2) is 7.17. The van der Waals surface area contributed by atoms with Crippen LogP contribution in [0.4, 0.5) is 0 Å². The lowest BCUT2D eigenvalue weighted by Crippen LogP contribution is -2.06. The van der Waals surface area contributed by atoms with Crippen LogP contribution in [0.1, 0.15) is 47.2 Å². The SMILES string of the molecule is COc1cc(C)cc(C)c1C(=O)CCCCCN. The summed E-state index contributed by atoms with van der Waals surface area (Å²) < 4.78 is 5.31. The van der Waals surface area contributed by atoms with Crippen LogP contribution in [0.5, 0.6) is 5.75 Å². The van der Waals surface area contributed by atoms with Gasteiger partial charge in [-0.15, -0.1) is 0 Å².